The fourth-order valence-electron chi connectivity index (χ4n) is 2.12. The van der Waals surface area contributed by atoms with Gasteiger partial charge in [0.25, 0.3) is 0 Å². The van der Waals surface area contributed by atoms with E-state index in [1.807, 2.05) is 30.1 Å². The predicted molar refractivity (Wildman–Crippen MR) is 74.8 cm³/mol. The molecule has 5 heteroatoms. The Morgan fingerprint density at radius 3 is 2.47 bits per heavy atom. The van der Waals surface area contributed by atoms with Gasteiger partial charge in [0.15, 0.2) is 0 Å². The van der Waals surface area contributed by atoms with Gasteiger partial charge in [0, 0.05) is 32.0 Å². The maximum absolute atomic E-state index is 9.91. The molecule has 0 aliphatic rings. The number of hydrogen-bond donors (Lipinski definition) is 2. The molecule has 19 heavy (non-hydrogen) atoms. The number of aliphatic hydroxyl groups excluding tert-OH is 2. The van der Waals surface area contributed by atoms with Crippen molar-refractivity contribution in [2.24, 2.45) is 0 Å². The summed E-state index contributed by atoms with van der Waals surface area (Å²) in [7, 11) is 4.99. The zero-order valence-electron chi connectivity index (χ0n) is 12.0. The van der Waals surface area contributed by atoms with E-state index >= 15 is 0 Å². The van der Waals surface area contributed by atoms with E-state index in [1.54, 1.807) is 21.1 Å². The normalized spacial score (nSPS) is 14.0. The summed E-state index contributed by atoms with van der Waals surface area (Å²) in [6.07, 6.45) is -1.23. The molecule has 0 spiro atoms. The zero-order chi connectivity index (χ0) is 14.4. The number of aliphatic hydroxyl groups is 2. The van der Waals surface area contributed by atoms with E-state index in [-0.39, 0.29) is 6.61 Å². The van der Waals surface area contributed by atoms with Crippen LogP contribution in [0, 0.1) is 0 Å². The van der Waals surface area contributed by atoms with Gasteiger partial charge >= 0.3 is 0 Å². The molecule has 0 heterocycles. The topological polar surface area (TPSA) is 62.2 Å². The number of likely N-dealkylation sites (N-methyl/N-ethyl adjacent to an activating group) is 1. The van der Waals surface area contributed by atoms with Crippen molar-refractivity contribution in [1.82, 2.24) is 0 Å². The Morgan fingerprint density at radius 2 is 1.95 bits per heavy atom. The minimum atomic E-state index is -0.645. The van der Waals surface area contributed by atoms with Crippen LogP contribution in [0.4, 0.5) is 5.69 Å². The summed E-state index contributed by atoms with van der Waals surface area (Å²) < 4.78 is 10.2. The van der Waals surface area contributed by atoms with Crippen molar-refractivity contribution in [3.63, 3.8) is 0 Å². The molecule has 1 unspecified atom stereocenters. The lowest BCUT2D eigenvalue weighted by atomic mass is 10.1. The van der Waals surface area contributed by atoms with Crippen LogP contribution < -0.4 is 9.64 Å². The first-order chi connectivity index (χ1) is 9.01. The van der Waals surface area contributed by atoms with Gasteiger partial charge < -0.3 is 24.6 Å². The molecule has 0 radical (unpaired) electrons. The van der Waals surface area contributed by atoms with Crippen LogP contribution in [0.1, 0.15) is 18.6 Å². The maximum atomic E-state index is 9.91. The first-order valence-electron chi connectivity index (χ1n) is 6.24. The van der Waals surface area contributed by atoms with Gasteiger partial charge in [0.1, 0.15) is 5.75 Å². The van der Waals surface area contributed by atoms with E-state index in [1.165, 1.54) is 0 Å². The highest BCUT2D eigenvalue weighted by molar-refractivity contribution is 5.60. The fraction of sp³-hybridized carbons (Fsp3) is 0.571. The molecule has 2 atom stereocenters. The number of benzene rings is 1. The third kappa shape index (κ3) is 4.09. The molecular formula is C14H23NO4. The summed E-state index contributed by atoms with van der Waals surface area (Å²) in [5.41, 5.74) is 1.56. The van der Waals surface area contributed by atoms with Crippen LogP contribution in [0.25, 0.3) is 0 Å². The highest BCUT2D eigenvalue weighted by Crippen LogP contribution is 2.34. The van der Waals surface area contributed by atoms with Gasteiger partial charge in [0.05, 0.1) is 25.9 Å². The van der Waals surface area contributed by atoms with Crippen LogP contribution in [0.3, 0.4) is 0 Å². The summed E-state index contributed by atoms with van der Waals surface area (Å²) in [6.45, 7) is 2.39. The molecule has 1 rings (SSSR count). The molecular weight excluding hydrogens is 246 g/mol. The number of rotatable bonds is 7. The molecule has 1 aromatic carbocycles. The average molecular weight is 269 g/mol. The Balaban J connectivity index is 2.98. The van der Waals surface area contributed by atoms with Gasteiger partial charge in [-0.1, -0.05) is 6.07 Å². The smallest absolute Gasteiger partial charge is 0.126 e. The van der Waals surface area contributed by atoms with Gasteiger partial charge in [-0.05, 0) is 19.1 Å². The van der Waals surface area contributed by atoms with E-state index in [0.29, 0.717) is 12.3 Å². The summed E-state index contributed by atoms with van der Waals surface area (Å²) in [4.78, 5) is 1.88. The Hall–Kier alpha value is -1.30. The molecule has 108 valence electrons. The van der Waals surface area contributed by atoms with Crippen LogP contribution in [-0.2, 0) is 4.74 Å². The van der Waals surface area contributed by atoms with Crippen molar-refractivity contribution < 1.29 is 19.7 Å². The Morgan fingerprint density at radius 1 is 1.26 bits per heavy atom. The van der Waals surface area contributed by atoms with Gasteiger partial charge in [0.2, 0.25) is 0 Å². The van der Waals surface area contributed by atoms with E-state index in [2.05, 4.69) is 0 Å². The zero-order valence-corrected chi connectivity index (χ0v) is 12.0. The van der Waals surface area contributed by atoms with E-state index in [9.17, 15) is 10.2 Å². The predicted octanol–water partition coefficient (Wildman–Crippen LogP) is 1.19. The van der Waals surface area contributed by atoms with E-state index in [0.717, 1.165) is 11.3 Å². The van der Waals surface area contributed by atoms with Gasteiger partial charge in [-0.2, -0.15) is 0 Å². The molecule has 0 aromatic heterocycles. The molecule has 0 saturated carbocycles. The monoisotopic (exact) mass is 269 g/mol. The van der Waals surface area contributed by atoms with Crippen molar-refractivity contribution in [1.29, 1.82) is 0 Å². The van der Waals surface area contributed by atoms with Gasteiger partial charge in [-0.15, -0.1) is 0 Å². The maximum Gasteiger partial charge on any atom is 0.126 e. The minimum Gasteiger partial charge on any atom is -0.496 e. The average Bonchev–Trinajstić information content (AvgIpc) is 2.37. The third-order valence-corrected chi connectivity index (χ3v) is 2.94. The number of ether oxygens (including phenoxy) is 2. The first-order valence-corrected chi connectivity index (χ1v) is 6.24. The van der Waals surface area contributed by atoms with Crippen molar-refractivity contribution in [3.05, 3.63) is 23.8 Å². The fourth-order valence-corrected chi connectivity index (χ4v) is 2.12. The van der Waals surface area contributed by atoms with Crippen LogP contribution in [0.2, 0.25) is 0 Å². The second-order valence-electron chi connectivity index (χ2n) is 4.56. The molecule has 0 fully saturated rings. The summed E-state index contributed by atoms with van der Waals surface area (Å²) in [5.74, 6) is 0.639. The lowest BCUT2D eigenvalue weighted by molar-refractivity contribution is 0.0694. The number of hydrogen-bond acceptors (Lipinski definition) is 5. The number of nitrogens with zero attached hydrogens (tertiary/aromatic N) is 1. The van der Waals surface area contributed by atoms with Crippen LogP contribution in [0.15, 0.2) is 18.2 Å². The molecule has 5 nitrogen and oxygen atoms in total. The summed E-state index contributed by atoms with van der Waals surface area (Å²) >= 11 is 0. The molecule has 0 amide bonds. The lowest BCUT2D eigenvalue weighted by Gasteiger charge is -2.26. The van der Waals surface area contributed by atoms with Crippen LogP contribution in [0.5, 0.6) is 5.75 Å². The standard InChI is InChI=1S/C14H23NO4/c1-10(16)14-12(6-5-7-13(14)19-4)15(2)8-11(17)9-18-3/h5-7,10-11,16-17H,8-9H2,1-4H3/t10-,11?/m1/s1. The number of anilines is 1. The lowest BCUT2D eigenvalue weighted by Crippen LogP contribution is -2.32. The third-order valence-electron chi connectivity index (χ3n) is 2.94. The van der Waals surface area contributed by atoms with Gasteiger partial charge in [-0.3, -0.25) is 0 Å². The highest BCUT2D eigenvalue weighted by Gasteiger charge is 2.18. The highest BCUT2D eigenvalue weighted by atomic mass is 16.5. The molecule has 0 bridgehead atoms. The number of methoxy groups -OCH3 is 2. The molecule has 2 N–H and O–H groups in total. The minimum absolute atomic E-state index is 0.276. The summed E-state index contributed by atoms with van der Waals surface area (Å²) in [6, 6.07) is 5.56. The molecule has 0 aliphatic heterocycles. The molecule has 0 saturated heterocycles. The second kappa shape index (κ2) is 7.33. The largest absolute Gasteiger partial charge is 0.496 e. The second-order valence-corrected chi connectivity index (χ2v) is 4.56. The van der Waals surface area contributed by atoms with Crippen LogP contribution in [-0.4, -0.2) is 50.7 Å². The van der Waals surface area contributed by atoms with Gasteiger partial charge in [-0.25, -0.2) is 0 Å². The molecule has 0 aliphatic carbocycles. The van der Waals surface area contributed by atoms with Crippen molar-refractivity contribution >= 4 is 5.69 Å². The Bertz CT molecular complexity index is 395. The Labute approximate surface area is 114 Å². The van der Waals surface area contributed by atoms with Crippen molar-refractivity contribution in [3.8, 4) is 5.75 Å². The van der Waals surface area contributed by atoms with Crippen molar-refractivity contribution in [2.75, 3.05) is 39.3 Å². The van der Waals surface area contributed by atoms with Crippen LogP contribution >= 0.6 is 0 Å². The quantitative estimate of drug-likeness (QED) is 0.778. The molecule has 1 aromatic rings. The van der Waals surface area contributed by atoms with E-state index < -0.39 is 12.2 Å². The van der Waals surface area contributed by atoms with E-state index in [4.69, 9.17) is 9.47 Å². The summed E-state index contributed by atoms with van der Waals surface area (Å²) in [5, 5.41) is 19.7. The first kappa shape index (κ1) is 15.8. The SMILES string of the molecule is COCC(O)CN(C)c1cccc(OC)c1[C@@H](C)O. The Kier molecular flexibility index (Phi) is 6.08. The van der Waals surface area contributed by atoms with Crippen molar-refractivity contribution in [2.45, 2.75) is 19.1 Å².